The van der Waals surface area contributed by atoms with Crippen LogP contribution in [0.25, 0.3) is 0 Å². The van der Waals surface area contributed by atoms with Gasteiger partial charge in [0, 0.05) is 23.8 Å². The summed E-state index contributed by atoms with van der Waals surface area (Å²) in [6.07, 6.45) is 1.08. The Bertz CT molecular complexity index is 349. The van der Waals surface area contributed by atoms with Crippen molar-refractivity contribution in [1.29, 1.82) is 0 Å². The van der Waals surface area contributed by atoms with Gasteiger partial charge in [-0.25, -0.2) is 0 Å². The molecule has 0 radical (unpaired) electrons. The Morgan fingerprint density at radius 2 is 2.27 bits per heavy atom. The van der Waals surface area contributed by atoms with Crippen LogP contribution in [0.3, 0.4) is 0 Å². The maximum atomic E-state index is 6.19. The van der Waals surface area contributed by atoms with Crippen LogP contribution in [0, 0.1) is 5.92 Å². The zero-order valence-corrected chi connectivity index (χ0v) is 10.0. The van der Waals surface area contributed by atoms with Gasteiger partial charge >= 0.3 is 0 Å². The van der Waals surface area contributed by atoms with Gasteiger partial charge in [-0.05, 0) is 44.1 Å². The summed E-state index contributed by atoms with van der Waals surface area (Å²) in [4.78, 5) is 2.23. The van der Waals surface area contributed by atoms with Gasteiger partial charge in [0.2, 0.25) is 0 Å². The van der Waals surface area contributed by atoms with Crippen LogP contribution in [0.5, 0.6) is 0 Å². The van der Waals surface area contributed by atoms with Crippen molar-refractivity contribution in [2.75, 3.05) is 32.5 Å². The van der Waals surface area contributed by atoms with Crippen molar-refractivity contribution in [3.8, 4) is 0 Å². The maximum Gasteiger partial charge on any atom is 0.0458 e. The van der Waals surface area contributed by atoms with Gasteiger partial charge < -0.3 is 10.2 Å². The third-order valence-electron chi connectivity index (χ3n) is 2.82. The van der Waals surface area contributed by atoms with Crippen molar-refractivity contribution < 1.29 is 0 Å². The Morgan fingerprint density at radius 1 is 1.47 bits per heavy atom. The molecule has 0 saturated heterocycles. The Kier molecular flexibility index (Phi) is 3.17. The zero-order chi connectivity index (χ0) is 10.8. The molecule has 1 aromatic rings. The lowest BCUT2D eigenvalue weighted by Crippen LogP contribution is -2.32. The lowest BCUT2D eigenvalue weighted by atomic mass is 9.93. The van der Waals surface area contributed by atoms with E-state index in [-0.39, 0.29) is 0 Å². The van der Waals surface area contributed by atoms with E-state index in [1.165, 1.54) is 11.3 Å². The van der Waals surface area contributed by atoms with Gasteiger partial charge in [-0.15, -0.1) is 0 Å². The quantitative estimate of drug-likeness (QED) is 0.831. The molecule has 1 aliphatic heterocycles. The fourth-order valence-corrected chi connectivity index (χ4v) is 2.44. The number of benzene rings is 1. The molecule has 1 aliphatic rings. The van der Waals surface area contributed by atoms with Crippen LogP contribution in [0.4, 0.5) is 5.69 Å². The lowest BCUT2D eigenvalue weighted by Gasteiger charge is -2.28. The third kappa shape index (κ3) is 2.44. The second-order valence-electron chi connectivity index (χ2n) is 4.48. The van der Waals surface area contributed by atoms with Crippen molar-refractivity contribution in [3.63, 3.8) is 0 Å². The monoisotopic (exact) mass is 224 g/mol. The summed E-state index contributed by atoms with van der Waals surface area (Å²) in [6, 6.07) is 6.08. The molecule has 0 spiro atoms. The molecule has 1 unspecified atom stereocenters. The van der Waals surface area contributed by atoms with Gasteiger partial charge in [-0.2, -0.15) is 0 Å². The highest BCUT2D eigenvalue weighted by molar-refractivity contribution is 6.31. The van der Waals surface area contributed by atoms with Crippen LogP contribution < -0.4 is 5.32 Å². The van der Waals surface area contributed by atoms with Gasteiger partial charge in [0.15, 0.2) is 0 Å². The van der Waals surface area contributed by atoms with E-state index in [1.54, 1.807) is 0 Å². The molecule has 1 N–H and O–H groups in total. The number of fused-ring (bicyclic) bond motifs is 1. The standard InChI is InChI=1S/C12H17ClN2/c1-15(2)8-9-6-10-11(13)4-3-5-12(10)14-7-9/h3-5,9,14H,6-8H2,1-2H3. The molecule has 0 bridgehead atoms. The van der Waals surface area contributed by atoms with Crippen LogP contribution in [0.2, 0.25) is 5.02 Å². The molecule has 2 rings (SSSR count). The minimum Gasteiger partial charge on any atom is -0.384 e. The maximum absolute atomic E-state index is 6.19. The number of hydrogen-bond acceptors (Lipinski definition) is 2. The first-order valence-corrected chi connectivity index (χ1v) is 5.70. The molecular weight excluding hydrogens is 208 g/mol. The van der Waals surface area contributed by atoms with Crippen LogP contribution in [-0.4, -0.2) is 32.1 Å². The number of hydrogen-bond donors (Lipinski definition) is 1. The highest BCUT2D eigenvalue weighted by atomic mass is 35.5. The summed E-state index contributed by atoms with van der Waals surface area (Å²) < 4.78 is 0. The second-order valence-corrected chi connectivity index (χ2v) is 4.89. The first-order chi connectivity index (χ1) is 7.16. The van der Waals surface area contributed by atoms with Crippen LogP contribution in [-0.2, 0) is 6.42 Å². The zero-order valence-electron chi connectivity index (χ0n) is 9.26. The summed E-state index contributed by atoms with van der Waals surface area (Å²) in [5.74, 6) is 0.660. The van der Waals surface area contributed by atoms with E-state index in [0.717, 1.165) is 24.5 Å². The summed E-state index contributed by atoms with van der Waals surface area (Å²) >= 11 is 6.19. The molecule has 2 nitrogen and oxygen atoms in total. The van der Waals surface area contributed by atoms with Gasteiger partial charge in [0.1, 0.15) is 0 Å². The van der Waals surface area contributed by atoms with Crippen molar-refractivity contribution in [1.82, 2.24) is 4.90 Å². The van der Waals surface area contributed by atoms with Gasteiger partial charge in [-0.3, -0.25) is 0 Å². The smallest absolute Gasteiger partial charge is 0.0458 e. The molecule has 1 atom stereocenters. The van der Waals surface area contributed by atoms with Crippen molar-refractivity contribution in [2.45, 2.75) is 6.42 Å². The molecular formula is C12H17ClN2. The van der Waals surface area contributed by atoms with E-state index in [1.807, 2.05) is 12.1 Å². The Morgan fingerprint density at radius 3 is 3.00 bits per heavy atom. The molecule has 1 heterocycles. The molecule has 82 valence electrons. The summed E-state index contributed by atoms with van der Waals surface area (Å²) in [6.45, 7) is 2.16. The molecule has 3 heteroatoms. The Labute approximate surface area is 96.2 Å². The Hall–Kier alpha value is -0.730. The molecule has 0 aromatic heterocycles. The van der Waals surface area contributed by atoms with E-state index in [9.17, 15) is 0 Å². The predicted octanol–water partition coefficient (Wildman–Crippen LogP) is 2.49. The molecule has 1 aromatic carbocycles. The first-order valence-electron chi connectivity index (χ1n) is 5.33. The summed E-state index contributed by atoms with van der Waals surface area (Å²) in [5, 5.41) is 4.34. The topological polar surface area (TPSA) is 15.3 Å². The predicted molar refractivity (Wildman–Crippen MR) is 65.7 cm³/mol. The highest BCUT2D eigenvalue weighted by Gasteiger charge is 2.20. The normalized spacial score (nSPS) is 19.9. The number of nitrogens with zero attached hydrogens (tertiary/aromatic N) is 1. The van der Waals surface area contributed by atoms with Gasteiger partial charge in [0.25, 0.3) is 0 Å². The summed E-state index contributed by atoms with van der Waals surface area (Å²) in [7, 11) is 4.23. The van der Waals surface area contributed by atoms with E-state index in [0.29, 0.717) is 5.92 Å². The highest BCUT2D eigenvalue weighted by Crippen LogP contribution is 2.30. The van der Waals surface area contributed by atoms with Crippen LogP contribution in [0.1, 0.15) is 5.56 Å². The molecule has 0 aliphatic carbocycles. The number of anilines is 1. The SMILES string of the molecule is CN(C)CC1CNc2cccc(Cl)c2C1. The van der Waals surface area contributed by atoms with Crippen LogP contribution in [0.15, 0.2) is 18.2 Å². The second kappa shape index (κ2) is 4.42. The lowest BCUT2D eigenvalue weighted by molar-refractivity contribution is 0.328. The average Bonchev–Trinajstić information content (AvgIpc) is 2.18. The van der Waals surface area contributed by atoms with Crippen molar-refractivity contribution in [2.24, 2.45) is 5.92 Å². The fourth-order valence-electron chi connectivity index (χ4n) is 2.19. The number of nitrogens with one attached hydrogen (secondary N) is 1. The fraction of sp³-hybridized carbons (Fsp3) is 0.500. The molecule has 15 heavy (non-hydrogen) atoms. The van der Waals surface area contributed by atoms with E-state index < -0.39 is 0 Å². The molecule has 0 saturated carbocycles. The first kappa shape index (κ1) is 10.8. The van der Waals surface area contributed by atoms with E-state index in [2.05, 4.69) is 30.4 Å². The largest absolute Gasteiger partial charge is 0.384 e. The van der Waals surface area contributed by atoms with Crippen molar-refractivity contribution in [3.05, 3.63) is 28.8 Å². The van der Waals surface area contributed by atoms with E-state index >= 15 is 0 Å². The average molecular weight is 225 g/mol. The molecule has 0 fully saturated rings. The minimum atomic E-state index is 0.660. The number of halogens is 1. The van der Waals surface area contributed by atoms with Gasteiger partial charge in [0.05, 0.1) is 0 Å². The van der Waals surface area contributed by atoms with Gasteiger partial charge in [-0.1, -0.05) is 17.7 Å². The number of rotatable bonds is 2. The van der Waals surface area contributed by atoms with Crippen LogP contribution >= 0.6 is 11.6 Å². The molecule has 0 amide bonds. The Balaban J connectivity index is 2.15. The third-order valence-corrected chi connectivity index (χ3v) is 3.17. The minimum absolute atomic E-state index is 0.660. The van der Waals surface area contributed by atoms with Crippen molar-refractivity contribution >= 4 is 17.3 Å². The summed E-state index contributed by atoms with van der Waals surface area (Å²) in [5.41, 5.74) is 2.48. The van der Waals surface area contributed by atoms with E-state index in [4.69, 9.17) is 11.6 Å².